The molecule has 0 aliphatic carbocycles. The van der Waals surface area contributed by atoms with Crippen molar-refractivity contribution in [3.05, 3.63) is 78.9 Å². The Balaban J connectivity index is 1.69. The second-order valence-corrected chi connectivity index (χ2v) is 7.65. The Hall–Kier alpha value is -2.99. The van der Waals surface area contributed by atoms with Crippen molar-refractivity contribution in [3.8, 4) is 23.0 Å². The Labute approximate surface area is 165 Å². The Kier molecular flexibility index (Phi) is 6.55. The van der Waals surface area contributed by atoms with Gasteiger partial charge in [0.05, 0.1) is 6.61 Å². The van der Waals surface area contributed by atoms with Crippen LogP contribution in [0.2, 0.25) is 0 Å². The highest BCUT2D eigenvalue weighted by molar-refractivity contribution is 7.87. The average molecular weight is 398 g/mol. The van der Waals surface area contributed by atoms with Gasteiger partial charge >= 0.3 is 10.1 Å². The van der Waals surface area contributed by atoms with Gasteiger partial charge in [0.25, 0.3) is 0 Å². The van der Waals surface area contributed by atoms with Gasteiger partial charge in [0.2, 0.25) is 0 Å². The van der Waals surface area contributed by atoms with Crippen molar-refractivity contribution in [1.29, 1.82) is 0 Å². The minimum absolute atomic E-state index is 0.0599. The molecule has 0 unspecified atom stereocenters. The molecule has 3 aromatic carbocycles. The average Bonchev–Trinajstić information content (AvgIpc) is 2.69. The molecule has 0 fully saturated rings. The van der Waals surface area contributed by atoms with E-state index in [1.54, 1.807) is 30.3 Å². The molecule has 3 aromatic rings. The SMILES string of the molecule is CCCCOc1ccc(S(=O)(=O)Oc2cccc(Oc3ccccc3)c2)cc1. The fourth-order valence-corrected chi connectivity index (χ4v) is 3.35. The molecule has 0 aromatic heterocycles. The van der Waals surface area contributed by atoms with Crippen LogP contribution in [-0.2, 0) is 10.1 Å². The van der Waals surface area contributed by atoms with E-state index in [0.29, 0.717) is 23.9 Å². The monoisotopic (exact) mass is 398 g/mol. The summed E-state index contributed by atoms with van der Waals surface area (Å²) >= 11 is 0. The molecule has 0 heterocycles. The highest BCUT2D eigenvalue weighted by Gasteiger charge is 2.17. The summed E-state index contributed by atoms with van der Waals surface area (Å²) in [7, 11) is -3.96. The Morgan fingerprint density at radius 2 is 1.43 bits per heavy atom. The molecule has 0 atom stereocenters. The number of rotatable bonds is 9. The lowest BCUT2D eigenvalue weighted by Crippen LogP contribution is -2.09. The summed E-state index contributed by atoms with van der Waals surface area (Å²) in [5, 5.41) is 0. The number of benzene rings is 3. The van der Waals surface area contributed by atoms with E-state index in [9.17, 15) is 8.42 Å². The van der Waals surface area contributed by atoms with E-state index >= 15 is 0 Å². The highest BCUT2D eigenvalue weighted by Crippen LogP contribution is 2.27. The minimum atomic E-state index is -3.96. The molecule has 5 nitrogen and oxygen atoms in total. The molecule has 28 heavy (non-hydrogen) atoms. The van der Waals surface area contributed by atoms with E-state index in [1.165, 1.54) is 18.2 Å². The van der Waals surface area contributed by atoms with Gasteiger partial charge in [0, 0.05) is 6.07 Å². The van der Waals surface area contributed by atoms with E-state index in [0.717, 1.165) is 12.8 Å². The largest absolute Gasteiger partial charge is 0.494 e. The van der Waals surface area contributed by atoms with Gasteiger partial charge in [-0.3, -0.25) is 0 Å². The van der Waals surface area contributed by atoms with Gasteiger partial charge in [-0.15, -0.1) is 0 Å². The summed E-state index contributed by atoms with van der Waals surface area (Å²) < 4.78 is 41.6. The van der Waals surface area contributed by atoms with Crippen LogP contribution in [0, 0.1) is 0 Å². The lowest BCUT2D eigenvalue weighted by atomic mass is 10.3. The Bertz CT molecular complexity index is 983. The molecule has 146 valence electrons. The predicted molar refractivity (Wildman–Crippen MR) is 108 cm³/mol. The van der Waals surface area contributed by atoms with Crippen molar-refractivity contribution in [1.82, 2.24) is 0 Å². The van der Waals surface area contributed by atoms with Crippen molar-refractivity contribution in [3.63, 3.8) is 0 Å². The minimum Gasteiger partial charge on any atom is -0.494 e. The molecule has 0 spiro atoms. The first-order chi connectivity index (χ1) is 13.6. The zero-order valence-corrected chi connectivity index (χ0v) is 16.4. The quantitative estimate of drug-likeness (QED) is 0.355. The molecule has 0 bridgehead atoms. The predicted octanol–water partition coefficient (Wildman–Crippen LogP) is 5.43. The third-order valence-electron chi connectivity index (χ3n) is 3.87. The maximum atomic E-state index is 12.5. The van der Waals surface area contributed by atoms with E-state index in [4.69, 9.17) is 13.7 Å². The maximum absolute atomic E-state index is 12.5. The second kappa shape index (κ2) is 9.28. The van der Waals surface area contributed by atoms with Crippen molar-refractivity contribution in [2.24, 2.45) is 0 Å². The molecule has 0 saturated heterocycles. The molecule has 0 saturated carbocycles. The number of para-hydroxylation sites is 1. The van der Waals surface area contributed by atoms with Crippen molar-refractivity contribution in [2.45, 2.75) is 24.7 Å². The van der Waals surface area contributed by atoms with Gasteiger partial charge in [-0.1, -0.05) is 37.6 Å². The number of ether oxygens (including phenoxy) is 2. The molecule has 0 radical (unpaired) electrons. The van der Waals surface area contributed by atoms with E-state index in [-0.39, 0.29) is 10.6 Å². The topological polar surface area (TPSA) is 61.8 Å². The molecule has 6 heteroatoms. The van der Waals surface area contributed by atoms with E-state index in [2.05, 4.69) is 6.92 Å². The highest BCUT2D eigenvalue weighted by atomic mass is 32.2. The fraction of sp³-hybridized carbons (Fsp3) is 0.182. The van der Waals surface area contributed by atoms with Gasteiger partial charge in [0.1, 0.15) is 27.9 Å². The molecule has 0 amide bonds. The number of unbranched alkanes of at least 4 members (excludes halogenated alkanes) is 1. The summed E-state index contributed by atoms with van der Waals surface area (Å²) in [6.45, 7) is 2.68. The van der Waals surface area contributed by atoms with Crippen LogP contribution in [-0.4, -0.2) is 15.0 Å². The van der Waals surface area contributed by atoms with Crippen molar-refractivity contribution >= 4 is 10.1 Å². The molecule has 0 aliphatic heterocycles. The molecular formula is C22H22O5S. The van der Waals surface area contributed by atoms with E-state index in [1.807, 2.05) is 30.3 Å². The van der Waals surface area contributed by atoms with Crippen LogP contribution < -0.4 is 13.7 Å². The van der Waals surface area contributed by atoms with E-state index < -0.39 is 10.1 Å². The Morgan fingerprint density at radius 3 is 2.14 bits per heavy atom. The van der Waals surface area contributed by atoms with Gasteiger partial charge in [-0.05, 0) is 55.0 Å². The lowest BCUT2D eigenvalue weighted by molar-refractivity contribution is 0.309. The summed E-state index contributed by atoms with van der Waals surface area (Å²) in [5.41, 5.74) is 0. The molecular weight excluding hydrogens is 376 g/mol. The van der Waals surface area contributed by atoms with Crippen LogP contribution in [0.15, 0.2) is 83.8 Å². The first-order valence-electron chi connectivity index (χ1n) is 9.07. The summed E-state index contributed by atoms with van der Waals surface area (Å²) in [6.07, 6.45) is 1.98. The van der Waals surface area contributed by atoms with Gasteiger partial charge in [-0.25, -0.2) is 0 Å². The fourth-order valence-electron chi connectivity index (χ4n) is 2.43. The standard InChI is InChI=1S/C22H22O5S/c1-2-3-16-25-18-12-14-22(15-13-18)28(23,24)27-21-11-7-10-20(17-21)26-19-8-5-4-6-9-19/h4-15,17H,2-3,16H2,1H3. The Morgan fingerprint density at radius 1 is 0.750 bits per heavy atom. The third-order valence-corrected chi connectivity index (χ3v) is 5.13. The normalized spacial score (nSPS) is 11.0. The summed E-state index contributed by atoms with van der Waals surface area (Å²) in [4.78, 5) is 0.0599. The number of hydrogen-bond acceptors (Lipinski definition) is 5. The van der Waals surface area contributed by atoms with Crippen LogP contribution in [0.25, 0.3) is 0 Å². The van der Waals surface area contributed by atoms with Crippen molar-refractivity contribution in [2.75, 3.05) is 6.61 Å². The van der Waals surface area contributed by atoms with Gasteiger partial charge < -0.3 is 13.7 Å². The third kappa shape index (κ3) is 5.50. The molecule has 0 N–H and O–H groups in total. The van der Waals surface area contributed by atoms with Crippen LogP contribution in [0.4, 0.5) is 0 Å². The van der Waals surface area contributed by atoms with Gasteiger partial charge in [-0.2, -0.15) is 8.42 Å². The second-order valence-electron chi connectivity index (χ2n) is 6.10. The van der Waals surface area contributed by atoms with Crippen LogP contribution >= 0.6 is 0 Å². The summed E-state index contributed by atoms with van der Waals surface area (Å²) in [5.74, 6) is 1.95. The zero-order valence-electron chi connectivity index (χ0n) is 15.6. The molecule has 0 aliphatic rings. The maximum Gasteiger partial charge on any atom is 0.339 e. The number of hydrogen-bond donors (Lipinski definition) is 0. The zero-order chi connectivity index (χ0) is 19.8. The van der Waals surface area contributed by atoms with Crippen LogP contribution in [0.3, 0.4) is 0 Å². The van der Waals surface area contributed by atoms with Crippen LogP contribution in [0.1, 0.15) is 19.8 Å². The first kappa shape index (κ1) is 19.8. The smallest absolute Gasteiger partial charge is 0.339 e. The van der Waals surface area contributed by atoms with Gasteiger partial charge in [0.15, 0.2) is 0 Å². The summed E-state index contributed by atoms with van der Waals surface area (Å²) in [6, 6.07) is 21.9. The van der Waals surface area contributed by atoms with Crippen molar-refractivity contribution < 1.29 is 22.1 Å². The molecule has 3 rings (SSSR count). The van der Waals surface area contributed by atoms with Crippen LogP contribution in [0.5, 0.6) is 23.0 Å². The lowest BCUT2D eigenvalue weighted by Gasteiger charge is -2.10. The first-order valence-corrected chi connectivity index (χ1v) is 10.5.